The van der Waals surface area contributed by atoms with Gasteiger partial charge in [0.15, 0.2) is 5.82 Å². The Bertz CT molecular complexity index is 301. The molecule has 2 N–H and O–H groups in total. The smallest absolute Gasteiger partial charge is 0.158 e. The summed E-state index contributed by atoms with van der Waals surface area (Å²) in [6.45, 7) is 2.57. The Morgan fingerprint density at radius 1 is 1.54 bits per heavy atom. The first-order chi connectivity index (χ1) is 6.27. The summed E-state index contributed by atoms with van der Waals surface area (Å²) in [7, 11) is 0. The van der Waals surface area contributed by atoms with Crippen LogP contribution in [-0.2, 0) is 5.41 Å². The van der Waals surface area contributed by atoms with Crippen molar-refractivity contribution in [1.82, 2.24) is 15.2 Å². The van der Waals surface area contributed by atoms with Crippen molar-refractivity contribution in [2.75, 3.05) is 6.54 Å². The van der Waals surface area contributed by atoms with Crippen molar-refractivity contribution in [3.63, 3.8) is 0 Å². The number of rotatable bonds is 2. The molecule has 1 heterocycles. The summed E-state index contributed by atoms with van der Waals surface area (Å²) in [4.78, 5) is 4.38. The number of hydrogen-bond donors (Lipinski definition) is 1. The van der Waals surface area contributed by atoms with Gasteiger partial charge in [-0.2, -0.15) is 5.10 Å². The Labute approximate surface area is 77.6 Å². The molecule has 1 aliphatic carbocycles. The normalized spacial score (nSPS) is 19.5. The van der Waals surface area contributed by atoms with Crippen molar-refractivity contribution in [2.24, 2.45) is 5.73 Å². The van der Waals surface area contributed by atoms with Gasteiger partial charge in [-0.15, -0.1) is 5.10 Å². The highest BCUT2D eigenvalue weighted by molar-refractivity contribution is 5.13. The van der Waals surface area contributed by atoms with Crippen LogP contribution in [0.4, 0.5) is 0 Å². The number of hydrogen-bond acceptors (Lipinski definition) is 4. The van der Waals surface area contributed by atoms with Crippen molar-refractivity contribution < 1.29 is 0 Å². The van der Waals surface area contributed by atoms with E-state index < -0.39 is 0 Å². The second kappa shape index (κ2) is 3.03. The van der Waals surface area contributed by atoms with Crippen molar-refractivity contribution in [2.45, 2.75) is 31.6 Å². The van der Waals surface area contributed by atoms with Crippen LogP contribution in [0.5, 0.6) is 0 Å². The average Bonchev–Trinajstić information content (AvgIpc) is 2.03. The third kappa shape index (κ3) is 1.31. The van der Waals surface area contributed by atoms with Crippen LogP contribution >= 0.6 is 0 Å². The summed E-state index contributed by atoms with van der Waals surface area (Å²) in [6, 6.07) is 0. The Morgan fingerprint density at radius 3 is 2.77 bits per heavy atom. The van der Waals surface area contributed by atoms with Gasteiger partial charge in [0.25, 0.3) is 0 Å². The minimum Gasteiger partial charge on any atom is -0.329 e. The fraction of sp³-hybridized carbons (Fsp3) is 0.667. The van der Waals surface area contributed by atoms with Gasteiger partial charge in [0, 0.05) is 12.0 Å². The van der Waals surface area contributed by atoms with E-state index in [1.54, 1.807) is 6.20 Å². The molecule has 0 bridgehead atoms. The zero-order chi connectivity index (χ0) is 9.31. The molecule has 0 spiro atoms. The van der Waals surface area contributed by atoms with Gasteiger partial charge in [0.05, 0.1) is 11.9 Å². The third-order valence-electron chi connectivity index (χ3n) is 2.86. The molecule has 0 atom stereocenters. The van der Waals surface area contributed by atoms with E-state index >= 15 is 0 Å². The molecule has 1 fully saturated rings. The maximum absolute atomic E-state index is 5.74. The molecule has 4 heteroatoms. The van der Waals surface area contributed by atoms with Gasteiger partial charge in [0.2, 0.25) is 0 Å². The number of nitrogens with two attached hydrogens (primary N) is 1. The molecule has 2 rings (SSSR count). The van der Waals surface area contributed by atoms with Crippen LogP contribution in [0.2, 0.25) is 0 Å². The molecule has 4 nitrogen and oxygen atoms in total. The Balaban J connectivity index is 2.33. The first kappa shape index (κ1) is 8.56. The number of nitrogens with zero attached hydrogens (tertiary/aromatic N) is 3. The largest absolute Gasteiger partial charge is 0.329 e. The Hall–Kier alpha value is -1.03. The summed E-state index contributed by atoms with van der Waals surface area (Å²) >= 11 is 0. The van der Waals surface area contributed by atoms with Crippen LogP contribution in [0.1, 0.15) is 30.8 Å². The molecule has 0 aromatic carbocycles. The molecular formula is C9H14N4. The molecule has 1 saturated carbocycles. The van der Waals surface area contributed by atoms with E-state index in [-0.39, 0.29) is 5.41 Å². The van der Waals surface area contributed by atoms with Gasteiger partial charge < -0.3 is 5.73 Å². The summed E-state index contributed by atoms with van der Waals surface area (Å²) in [5.41, 5.74) is 6.70. The highest BCUT2D eigenvalue weighted by Gasteiger charge is 2.40. The molecule has 1 aromatic rings. The monoisotopic (exact) mass is 178 g/mol. The van der Waals surface area contributed by atoms with E-state index in [9.17, 15) is 0 Å². The summed E-state index contributed by atoms with van der Waals surface area (Å²) in [5.74, 6) is 0.834. The lowest BCUT2D eigenvalue weighted by atomic mass is 9.68. The lowest BCUT2D eigenvalue weighted by Crippen LogP contribution is -2.43. The van der Waals surface area contributed by atoms with Crippen molar-refractivity contribution in [1.29, 1.82) is 0 Å². The highest BCUT2D eigenvalue weighted by atomic mass is 15.2. The molecule has 0 amide bonds. The SMILES string of the molecule is Cc1cnnc(C2(CN)CCC2)n1. The lowest BCUT2D eigenvalue weighted by molar-refractivity contribution is 0.235. The van der Waals surface area contributed by atoms with Crippen molar-refractivity contribution in [3.05, 3.63) is 17.7 Å². The number of aromatic nitrogens is 3. The summed E-state index contributed by atoms with van der Waals surface area (Å²) in [5, 5.41) is 7.98. The second-order valence-corrected chi connectivity index (χ2v) is 3.76. The zero-order valence-electron chi connectivity index (χ0n) is 7.82. The molecule has 13 heavy (non-hydrogen) atoms. The first-order valence-electron chi connectivity index (χ1n) is 4.64. The fourth-order valence-electron chi connectivity index (χ4n) is 1.73. The lowest BCUT2D eigenvalue weighted by Gasteiger charge is -2.38. The predicted molar refractivity (Wildman–Crippen MR) is 49.1 cm³/mol. The Kier molecular flexibility index (Phi) is 2.00. The van der Waals surface area contributed by atoms with Crippen LogP contribution in [-0.4, -0.2) is 21.7 Å². The topological polar surface area (TPSA) is 64.7 Å². The van der Waals surface area contributed by atoms with Crippen LogP contribution in [0.3, 0.4) is 0 Å². The average molecular weight is 178 g/mol. The van der Waals surface area contributed by atoms with E-state index in [1.165, 1.54) is 6.42 Å². The molecule has 0 saturated heterocycles. The van der Waals surface area contributed by atoms with Gasteiger partial charge >= 0.3 is 0 Å². The molecule has 1 aliphatic rings. The minimum absolute atomic E-state index is 0.0407. The zero-order valence-corrected chi connectivity index (χ0v) is 7.82. The molecule has 1 aromatic heterocycles. The summed E-state index contributed by atoms with van der Waals surface area (Å²) in [6.07, 6.45) is 5.12. The molecule has 0 aliphatic heterocycles. The quantitative estimate of drug-likeness (QED) is 0.718. The van der Waals surface area contributed by atoms with E-state index in [1.807, 2.05) is 6.92 Å². The van der Waals surface area contributed by atoms with Crippen LogP contribution in [0.15, 0.2) is 6.20 Å². The van der Waals surface area contributed by atoms with Gasteiger partial charge in [-0.1, -0.05) is 6.42 Å². The summed E-state index contributed by atoms with van der Waals surface area (Å²) < 4.78 is 0. The van der Waals surface area contributed by atoms with Crippen molar-refractivity contribution >= 4 is 0 Å². The molecular weight excluding hydrogens is 164 g/mol. The molecule has 70 valence electrons. The van der Waals surface area contributed by atoms with E-state index in [2.05, 4.69) is 15.2 Å². The second-order valence-electron chi connectivity index (χ2n) is 3.76. The first-order valence-corrected chi connectivity index (χ1v) is 4.64. The molecule has 0 radical (unpaired) electrons. The van der Waals surface area contributed by atoms with E-state index in [0.717, 1.165) is 24.4 Å². The van der Waals surface area contributed by atoms with E-state index in [0.29, 0.717) is 6.54 Å². The van der Waals surface area contributed by atoms with Crippen LogP contribution in [0.25, 0.3) is 0 Å². The van der Waals surface area contributed by atoms with E-state index in [4.69, 9.17) is 5.73 Å². The van der Waals surface area contributed by atoms with Crippen molar-refractivity contribution in [3.8, 4) is 0 Å². The fourth-order valence-corrected chi connectivity index (χ4v) is 1.73. The third-order valence-corrected chi connectivity index (χ3v) is 2.86. The molecule has 0 unspecified atom stereocenters. The van der Waals surface area contributed by atoms with Crippen LogP contribution < -0.4 is 5.73 Å². The van der Waals surface area contributed by atoms with Gasteiger partial charge in [0.1, 0.15) is 0 Å². The highest BCUT2D eigenvalue weighted by Crippen LogP contribution is 2.40. The maximum atomic E-state index is 5.74. The minimum atomic E-state index is 0.0407. The van der Waals surface area contributed by atoms with Gasteiger partial charge in [-0.05, 0) is 19.8 Å². The predicted octanol–water partition coefficient (Wildman–Crippen LogP) is 0.560. The Morgan fingerprint density at radius 2 is 2.31 bits per heavy atom. The van der Waals surface area contributed by atoms with Crippen LogP contribution in [0, 0.1) is 6.92 Å². The standard InChI is InChI=1S/C9H14N4/c1-7-5-11-13-8(12-7)9(6-10)3-2-4-9/h5H,2-4,6,10H2,1H3. The van der Waals surface area contributed by atoms with Gasteiger partial charge in [-0.3, -0.25) is 0 Å². The number of aryl methyl sites for hydroxylation is 1. The van der Waals surface area contributed by atoms with Gasteiger partial charge in [-0.25, -0.2) is 4.98 Å². The maximum Gasteiger partial charge on any atom is 0.158 e.